The molecule has 0 radical (unpaired) electrons. The van der Waals surface area contributed by atoms with Crippen LogP contribution in [0.3, 0.4) is 0 Å². The summed E-state index contributed by atoms with van der Waals surface area (Å²) in [5.41, 5.74) is 2.03. The van der Waals surface area contributed by atoms with Crippen molar-refractivity contribution in [2.45, 2.75) is 182 Å². The number of nitrogens with zero attached hydrogens (tertiary/aromatic N) is 6. The van der Waals surface area contributed by atoms with Gasteiger partial charge in [0.2, 0.25) is 0 Å². The van der Waals surface area contributed by atoms with Gasteiger partial charge in [0.1, 0.15) is 25.9 Å². The summed E-state index contributed by atoms with van der Waals surface area (Å²) in [6.07, 6.45) is 5.75. The van der Waals surface area contributed by atoms with E-state index in [4.69, 9.17) is 49.6 Å². The van der Waals surface area contributed by atoms with Crippen LogP contribution in [0.4, 0.5) is 0 Å². The number of carbonyl (C=O) groups excluding carboxylic acids is 3. The van der Waals surface area contributed by atoms with Crippen molar-refractivity contribution < 1.29 is 121 Å². The standard InChI is InChI=1S/C26H56N2O9Si3.C24H53N2O6Si3.C12H26N2O2.3ClH/c1-23(26(31)35-19-17-32-16-18-34-24(2)29)28-13-11-27(12-14-28)21-25(30)22-33-15-10-20-40(9,36-38(3,4)5)37-39(6,7)8;1-10-11-17-29-22-23(27)20-25-13-15-26(2,16-14-25)21-24(28)30-18-12-19-35(9,31-33(3,4)5)32-34(6,7)8;1-3-4-9-16-11-12(15)10-14-7-5-13(2)6-8-14;;;/h23,25,30H,10-22H2,1-9H3;12,19,23,27H,10-11,13-18,20-22H2,1-9H3;12,15H,3-11H2,1-2H3;3*1H/q;+1;;;;/p-3/b;19-12-;;;;. The van der Waals surface area contributed by atoms with Gasteiger partial charge in [0.05, 0.1) is 71.5 Å². The predicted octanol–water partition coefficient (Wildman–Crippen LogP) is -2.58. The zero-order valence-corrected chi connectivity index (χ0v) is 70.4. The fourth-order valence-corrected chi connectivity index (χ4v) is 34.5. The van der Waals surface area contributed by atoms with Crippen molar-refractivity contribution >= 4 is 68.3 Å². The Kier molecular flexibility index (Phi) is 53.0. The van der Waals surface area contributed by atoms with E-state index in [9.17, 15) is 29.7 Å². The third-order valence-electron chi connectivity index (χ3n) is 14.7. The second kappa shape index (κ2) is 50.9. The third kappa shape index (κ3) is 52.6. The zero-order valence-electron chi connectivity index (χ0n) is 62.2. The predicted molar refractivity (Wildman–Crippen MR) is 378 cm³/mol. The maximum Gasteiger partial charge on any atom is 0.362 e. The molecule has 4 atom stereocenters. The number of rotatable bonds is 43. The van der Waals surface area contributed by atoms with E-state index in [1.807, 2.05) is 18.7 Å². The monoisotopic (exact) mass is 1510 g/mol. The Morgan fingerprint density at radius 1 is 0.511 bits per heavy atom. The molecule has 0 saturated carbocycles. The van der Waals surface area contributed by atoms with Crippen LogP contribution in [0, 0.1) is 0 Å². The lowest BCUT2D eigenvalue weighted by atomic mass is 10.2. The molecule has 94 heavy (non-hydrogen) atoms. The van der Waals surface area contributed by atoms with E-state index in [1.54, 1.807) is 0 Å². The van der Waals surface area contributed by atoms with Crippen molar-refractivity contribution in [2.75, 3.05) is 191 Å². The molecule has 0 bridgehead atoms. The first-order chi connectivity index (χ1) is 42.3. The summed E-state index contributed by atoms with van der Waals surface area (Å²) in [7, 11) is -7.45. The molecule has 3 N–H and O–H groups in total. The Morgan fingerprint density at radius 3 is 1.31 bits per heavy atom. The Balaban J connectivity index is -0.00000140. The summed E-state index contributed by atoms with van der Waals surface area (Å²) in [5, 5.41) is 30.5. The van der Waals surface area contributed by atoms with E-state index in [-0.39, 0.29) is 100 Å². The number of halogens is 3. The molecule has 23 nitrogen and oxygen atoms in total. The Hall–Kier alpha value is -0.359. The number of quaternary nitrogens is 1. The molecular formula is C62H135Cl3N6O17Si6-2. The SMILES string of the molecule is CC(=O)OCCOCCOC(=O)C(C)N1CCN(CC(O)COCCC[Si](C)(O[Si](C)(C)C)O[Si](C)(C)C)CC1.CCCCOCC(O)CN1CCN(C)CC1.CCCCOCC(O)CN1CC[N+](C)(CC(=O)OC/C=C\[Si](C)(O[Si](C)(C)C)O[Si](C)(C)C)CC1.[Cl-].[Cl-].[Cl-]. The summed E-state index contributed by atoms with van der Waals surface area (Å²) in [5.74, 6) is -0.815. The van der Waals surface area contributed by atoms with Crippen LogP contribution in [-0.4, -0.2) is 328 Å². The number of aliphatic hydroxyl groups is 3. The first kappa shape index (κ1) is 97.8. The Morgan fingerprint density at radius 2 is 0.904 bits per heavy atom. The van der Waals surface area contributed by atoms with Crippen molar-refractivity contribution in [1.82, 2.24) is 24.5 Å². The smallest absolute Gasteiger partial charge is 0.362 e. The molecule has 32 heteroatoms. The summed E-state index contributed by atoms with van der Waals surface area (Å²) < 4.78 is 64.3. The van der Waals surface area contributed by atoms with Gasteiger partial charge >= 0.3 is 35.0 Å². The number of hydrogen-bond acceptors (Lipinski definition) is 22. The molecule has 0 aromatic carbocycles. The number of unbranched alkanes of at least 4 members (excludes halogenated alkanes) is 2. The average Bonchev–Trinajstić information content (AvgIpc) is 1.05. The van der Waals surface area contributed by atoms with Gasteiger partial charge in [-0.05, 0) is 137 Å². The van der Waals surface area contributed by atoms with Crippen molar-refractivity contribution in [3.63, 3.8) is 0 Å². The van der Waals surface area contributed by atoms with Crippen molar-refractivity contribution in [3.8, 4) is 0 Å². The first-order valence-corrected chi connectivity index (χ1v) is 52.5. The largest absolute Gasteiger partial charge is 1.00 e. The number of piperazine rings is 3. The van der Waals surface area contributed by atoms with Gasteiger partial charge in [-0.15, -0.1) is 0 Å². The Bertz CT molecular complexity index is 1950. The van der Waals surface area contributed by atoms with Crippen LogP contribution in [0.25, 0.3) is 0 Å². The van der Waals surface area contributed by atoms with Crippen LogP contribution < -0.4 is 37.2 Å². The Labute approximate surface area is 595 Å². The molecule has 0 spiro atoms. The van der Waals surface area contributed by atoms with Gasteiger partial charge in [0.15, 0.2) is 39.8 Å². The van der Waals surface area contributed by atoms with Crippen molar-refractivity contribution in [3.05, 3.63) is 11.8 Å². The zero-order chi connectivity index (χ0) is 69.0. The van der Waals surface area contributed by atoms with Gasteiger partial charge in [0.25, 0.3) is 0 Å². The molecule has 562 valence electrons. The highest BCUT2D eigenvalue weighted by Gasteiger charge is 2.41. The molecule has 0 aromatic heterocycles. The van der Waals surface area contributed by atoms with Gasteiger partial charge in [-0.3, -0.25) is 29.2 Å². The molecular weight excluding hydrogens is 1380 g/mol. The van der Waals surface area contributed by atoms with E-state index in [1.165, 1.54) is 6.92 Å². The molecule has 3 fully saturated rings. The minimum atomic E-state index is -2.47. The van der Waals surface area contributed by atoms with Crippen LogP contribution in [-0.2, 0) is 64.0 Å². The third-order valence-corrected chi connectivity index (χ3v) is 33.3. The topological polar surface area (TPSA) is 230 Å². The number of carbonyl (C=O) groups is 3. The van der Waals surface area contributed by atoms with Gasteiger partial charge in [0, 0.05) is 112 Å². The number of esters is 3. The normalized spacial score (nSPS) is 18.0. The first-order valence-electron chi connectivity index (χ1n) is 34.0. The highest BCUT2D eigenvalue weighted by molar-refractivity contribution is 6.90. The minimum absolute atomic E-state index is 0. The fourth-order valence-electron chi connectivity index (χ4n) is 10.7. The second-order valence-corrected chi connectivity index (χ2v) is 54.6. The summed E-state index contributed by atoms with van der Waals surface area (Å²) in [6.45, 7) is 55.3. The molecule has 4 unspecified atom stereocenters. The van der Waals surface area contributed by atoms with Crippen molar-refractivity contribution in [1.29, 1.82) is 0 Å². The van der Waals surface area contributed by atoms with Crippen LogP contribution in [0.1, 0.15) is 59.8 Å². The summed E-state index contributed by atoms with van der Waals surface area (Å²) in [4.78, 5) is 46.8. The van der Waals surface area contributed by atoms with E-state index in [2.05, 4.69) is 144 Å². The highest BCUT2D eigenvalue weighted by atomic mass is 35.5. The quantitative estimate of drug-likeness (QED) is 0.0187. The molecule has 3 rings (SSSR count). The lowest BCUT2D eigenvalue weighted by Gasteiger charge is -2.41. The minimum Gasteiger partial charge on any atom is -1.00 e. The van der Waals surface area contributed by atoms with Crippen LogP contribution in [0.5, 0.6) is 0 Å². The maximum absolute atomic E-state index is 12.6. The average molecular weight is 1510 g/mol. The van der Waals surface area contributed by atoms with Gasteiger partial charge in [-0.25, -0.2) is 4.79 Å². The molecule has 0 aromatic rings. The van der Waals surface area contributed by atoms with E-state index < -0.39 is 62.6 Å². The number of hydrogen-bond donors (Lipinski definition) is 3. The summed E-state index contributed by atoms with van der Waals surface area (Å²) in [6, 6.07) is 0.545. The van der Waals surface area contributed by atoms with Crippen LogP contribution in [0.15, 0.2) is 11.8 Å². The molecule has 3 heterocycles. The molecule has 3 aliphatic heterocycles. The number of likely N-dealkylation sites (N-methyl/N-ethyl adjacent to an activating group) is 2. The lowest BCUT2D eigenvalue weighted by Crippen LogP contribution is -3.00. The van der Waals surface area contributed by atoms with Crippen molar-refractivity contribution in [2.24, 2.45) is 0 Å². The molecule has 3 aliphatic rings. The van der Waals surface area contributed by atoms with E-state index in [0.29, 0.717) is 57.2 Å². The maximum atomic E-state index is 12.6. The fraction of sp³-hybridized carbons (Fsp3) is 0.919. The van der Waals surface area contributed by atoms with Gasteiger partial charge in [-0.2, -0.15) is 0 Å². The van der Waals surface area contributed by atoms with E-state index in [0.717, 1.165) is 130 Å². The number of ether oxygens (including phenoxy) is 7. The van der Waals surface area contributed by atoms with Gasteiger partial charge < -0.3 is 112 Å². The molecule has 0 amide bonds. The van der Waals surface area contributed by atoms with Crippen LogP contribution in [0.2, 0.25) is 97.7 Å². The second-order valence-electron chi connectivity index (χ2n) is 29.4. The molecule has 0 aliphatic carbocycles. The molecule has 3 saturated heterocycles. The van der Waals surface area contributed by atoms with Gasteiger partial charge in [-0.1, -0.05) is 32.8 Å². The number of β-amino-alcohol motifs (C(OH)–C–C–N with tert-alkyl or cyclic N) is 3. The van der Waals surface area contributed by atoms with Crippen LogP contribution >= 0.6 is 0 Å². The highest BCUT2D eigenvalue weighted by Crippen LogP contribution is 2.26. The lowest BCUT2D eigenvalue weighted by molar-refractivity contribution is -0.906. The van der Waals surface area contributed by atoms with E-state index >= 15 is 0 Å². The summed E-state index contributed by atoms with van der Waals surface area (Å²) >= 11 is 0. The number of aliphatic hydroxyl groups excluding tert-OH is 3.